The van der Waals surface area contributed by atoms with Crippen LogP contribution >= 0.6 is 11.6 Å². The molecule has 0 unspecified atom stereocenters. The van der Waals surface area contributed by atoms with Crippen LogP contribution in [0.3, 0.4) is 0 Å². The summed E-state index contributed by atoms with van der Waals surface area (Å²) in [4.78, 5) is 25.9. The van der Waals surface area contributed by atoms with Crippen LogP contribution in [0.15, 0.2) is 24.3 Å². The van der Waals surface area contributed by atoms with Crippen LogP contribution < -0.4 is 10.9 Å². The number of hydrazine groups is 1. The number of piperidine rings is 1. The lowest BCUT2D eigenvalue weighted by molar-refractivity contribution is -0.123. The summed E-state index contributed by atoms with van der Waals surface area (Å²) >= 11 is 5.77. The first-order valence-corrected chi connectivity index (χ1v) is 8.03. The molecule has 6 heteroatoms. The van der Waals surface area contributed by atoms with Crippen LogP contribution in [0.4, 0.5) is 0 Å². The summed E-state index contributed by atoms with van der Waals surface area (Å²) in [5, 5.41) is 0.566. The van der Waals surface area contributed by atoms with E-state index in [1.54, 1.807) is 24.3 Å². The van der Waals surface area contributed by atoms with Crippen molar-refractivity contribution in [1.29, 1.82) is 0 Å². The number of hydrogen-bond donors (Lipinski definition) is 2. The Bertz CT molecular complexity index is 519. The number of nitrogens with zero attached hydrogens (tertiary/aromatic N) is 1. The first kappa shape index (κ1) is 16.8. The van der Waals surface area contributed by atoms with Gasteiger partial charge in [-0.25, -0.2) is 0 Å². The third-order valence-corrected chi connectivity index (χ3v) is 4.22. The van der Waals surface area contributed by atoms with Crippen molar-refractivity contribution in [2.75, 3.05) is 19.6 Å². The molecule has 1 aliphatic rings. The summed E-state index contributed by atoms with van der Waals surface area (Å²) in [6.07, 6.45) is 3.51. The lowest BCUT2D eigenvalue weighted by Gasteiger charge is -2.31. The Morgan fingerprint density at radius 3 is 2.68 bits per heavy atom. The molecule has 2 amide bonds. The standard InChI is InChI=1S/C16H22ClN3O2/c1-2-12-4-3-9-20(10-12)11-15(21)18-19-16(22)13-5-7-14(17)8-6-13/h5-8,12H,2-4,9-11H2,1H3,(H,18,21)(H,19,22)/t12-/m0/s1. The fraction of sp³-hybridized carbons (Fsp3) is 0.500. The average Bonchev–Trinajstić information content (AvgIpc) is 2.53. The predicted octanol–water partition coefficient (Wildman–Crippen LogP) is 2.22. The van der Waals surface area contributed by atoms with Gasteiger partial charge in [-0.15, -0.1) is 0 Å². The van der Waals surface area contributed by atoms with Gasteiger partial charge >= 0.3 is 0 Å². The third-order valence-electron chi connectivity index (χ3n) is 3.97. The van der Waals surface area contributed by atoms with E-state index in [1.807, 2.05) is 0 Å². The maximum Gasteiger partial charge on any atom is 0.269 e. The Morgan fingerprint density at radius 1 is 1.27 bits per heavy atom. The minimum atomic E-state index is -0.352. The van der Waals surface area contributed by atoms with Gasteiger partial charge in [0.1, 0.15) is 0 Å². The van der Waals surface area contributed by atoms with Crippen molar-refractivity contribution in [3.8, 4) is 0 Å². The highest BCUT2D eigenvalue weighted by atomic mass is 35.5. The molecule has 1 atom stereocenters. The highest BCUT2D eigenvalue weighted by Crippen LogP contribution is 2.18. The number of nitrogens with one attached hydrogen (secondary N) is 2. The van der Waals surface area contributed by atoms with Gasteiger partial charge in [-0.1, -0.05) is 24.9 Å². The molecule has 0 spiro atoms. The second-order valence-electron chi connectivity index (χ2n) is 5.66. The highest BCUT2D eigenvalue weighted by Gasteiger charge is 2.20. The number of likely N-dealkylation sites (tertiary alicyclic amines) is 1. The lowest BCUT2D eigenvalue weighted by atomic mass is 9.96. The van der Waals surface area contributed by atoms with Gasteiger partial charge in [-0.3, -0.25) is 25.3 Å². The molecule has 0 radical (unpaired) electrons. The van der Waals surface area contributed by atoms with Gasteiger partial charge in [-0.05, 0) is 49.6 Å². The minimum Gasteiger partial charge on any atom is -0.294 e. The second-order valence-corrected chi connectivity index (χ2v) is 6.10. The Balaban J connectivity index is 1.75. The molecule has 0 aliphatic carbocycles. The lowest BCUT2D eigenvalue weighted by Crippen LogP contribution is -2.48. The van der Waals surface area contributed by atoms with Crippen molar-refractivity contribution in [2.45, 2.75) is 26.2 Å². The number of benzene rings is 1. The van der Waals surface area contributed by atoms with Crippen LogP contribution in [0.1, 0.15) is 36.5 Å². The van der Waals surface area contributed by atoms with Gasteiger partial charge in [0.15, 0.2) is 0 Å². The van der Waals surface area contributed by atoms with Crippen molar-refractivity contribution in [3.05, 3.63) is 34.9 Å². The molecular formula is C16H22ClN3O2. The number of halogens is 1. The summed E-state index contributed by atoms with van der Waals surface area (Å²) in [6.45, 7) is 4.39. The molecule has 0 bridgehead atoms. The van der Waals surface area contributed by atoms with Crippen LogP contribution in [-0.4, -0.2) is 36.3 Å². The van der Waals surface area contributed by atoms with E-state index in [0.29, 0.717) is 23.0 Å². The molecule has 0 saturated carbocycles. The van der Waals surface area contributed by atoms with Gasteiger partial charge in [0.2, 0.25) is 0 Å². The van der Waals surface area contributed by atoms with Gasteiger partial charge in [-0.2, -0.15) is 0 Å². The Kier molecular flexibility index (Phi) is 6.21. The van der Waals surface area contributed by atoms with E-state index in [9.17, 15) is 9.59 Å². The van der Waals surface area contributed by atoms with Crippen molar-refractivity contribution >= 4 is 23.4 Å². The Morgan fingerprint density at radius 2 is 2.00 bits per heavy atom. The van der Waals surface area contributed by atoms with E-state index in [4.69, 9.17) is 11.6 Å². The Labute approximate surface area is 136 Å². The van der Waals surface area contributed by atoms with Crippen LogP contribution in [0.25, 0.3) is 0 Å². The SMILES string of the molecule is CC[C@H]1CCCN(CC(=O)NNC(=O)c2ccc(Cl)cc2)C1. The zero-order valence-corrected chi connectivity index (χ0v) is 13.5. The molecule has 1 aliphatic heterocycles. The zero-order valence-electron chi connectivity index (χ0n) is 12.8. The molecule has 2 rings (SSSR count). The molecule has 1 fully saturated rings. The van der Waals surface area contributed by atoms with E-state index < -0.39 is 0 Å². The predicted molar refractivity (Wildman–Crippen MR) is 86.5 cm³/mol. The molecule has 1 aromatic carbocycles. The maximum atomic E-state index is 11.9. The summed E-state index contributed by atoms with van der Waals surface area (Å²) in [6, 6.07) is 6.49. The Hall–Kier alpha value is -1.59. The fourth-order valence-electron chi connectivity index (χ4n) is 2.67. The van der Waals surface area contributed by atoms with Gasteiger partial charge in [0, 0.05) is 17.1 Å². The first-order chi connectivity index (χ1) is 10.6. The van der Waals surface area contributed by atoms with Gasteiger partial charge in [0.25, 0.3) is 11.8 Å². The summed E-state index contributed by atoms with van der Waals surface area (Å²) in [5.74, 6) is 0.124. The highest BCUT2D eigenvalue weighted by molar-refractivity contribution is 6.30. The van der Waals surface area contributed by atoms with Gasteiger partial charge < -0.3 is 0 Å². The van der Waals surface area contributed by atoms with Crippen LogP contribution in [-0.2, 0) is 4.79 Å². The second kappa shape index (κ2) is 8.15. The third kappa shape index (κ3) is 5.00. The number of carbonyl (C=O) groups is 2. The summed E-state index contributed by atoms with van der Waals surface area (Å²) < 4.78 is 0. The molecule has 1 saturated heterocycles. The first-order valence-electron chi connectivity index (χ1n) is 7.65. The minimum absolute atomic E-state index is 0.195. The molecule has 5 nitrogen and oxygen atoms in total. The van der Waals surface area contributed by atoms with Crippen molar-refractivity contribution in [1.82, 2.24) is 15.8 Å². The fourth-order valence-corrected chi connectivity index (χ4v) is 2.80. The monoisotopic (exact) mass is 323 g/mol. The smallest absolute Gasteiger partial charge is 0.269 e. The van der Waals surface area contributed by atoms with Crippen LogP contribution in [0.5, 0.6) is 0 Å². The van der Waals surface area contributed by atoms with Gasteiger partial charge in [0.05, 0.1) is 6.54 Å². The molecule has 0 aromatic heterocycles. The normalized spacial score (nSPS) is 18.7. The van der Waals surface area contributed by atoms with Crippen molar-refractivity contribution < 1.29 is 9.59 Å². The zero-order chi connectivity index (χ0) is 15.9. The van der Waals surface area contributed by atoms with Crippen LogP contribution in [0.2, 0.25) is 5.02 Å². The quantitative estimate of drug-likeness (QED) is 0.835. The van der Waals surface area contributed by atoms with E-state index in [-0.39, 0.29) is 11.8 Å². The van der Waals surface area contributed by atoms with Crippen molar-refractivity contribution in [3.63, 3.8) is 0 Å². The van der Waals surface area contributed by atoms with E-state index in [1.165, 1.54) is 6.42 Å². The molecule has 22 heavy (non-hydrogen) atoms. The maximum absolute atomic E-state index is 11.9. The summed E-state index contributed by atoms with van der Waals surface area (Å²) in [7, 11) is 0. The van der Waals surface area contributed by atoms with E-state index >= 15 is 0 Å². The summed E-state index contributed by atoms with van der Waals surface area (Å²) in [5.41, 5.74) is 5.34. The van der Waals surface area contributed by atoms with E-state index in [2.05, 4.69) is 22.7 Å². The number of amides is 2. The molecule has 1 aromatic rings. The number of carbonyl (C=O) groups excluding carboxylic acids is 2. The average molecular weight is 324 g/mol. The molecule has 1 heterocycles. The molecule has 2 N–H and O–H groups in total. The van der Waals surface area contributed by atoms with Crippen LogP contribution in [0, 0.1) is 5.92 Å². The number of rotatable bonds is 4. The number of hydrogen-bond acceptors (Lipinski definition) is 3. The van der Waals surface area contributed by atoms with Crippen molar-refractivity contribution in [2.24, 2.45) is 5.92 Å². The molecular weight excluding hydrogens is 302 g/mol. The topological polar surface area (TPSA) is 61.4 Å². The van der Waals surface area contributed by atoms with E-state index in [0.717, 1.165) is 25.9 Å². The molecule has 120 valence electrons. The largest absolute Gasteiger partial charge is 0.294 e.